The van der Waals surface area contributed by atoms with Gasteiger partial charge in [0.05, 0.1) is 6.10 Å². The van der Waals surface area contributed by atoms with Gasteiger partial charge in [0.15, 0.2) is 0 Å². The molecule has 0 aromatic carbocycles. The summed E-state index contributed by atoms with van der Waals surface area (Å²) in [6, 6.07) is 0. The number of alkyl halides is 1. The third kappa shape index (κ3) is 5.69. The van der Waals surface area contributed by atoms with E-state index in [1.54, 1.807) is 0 Å². The summed E-state index contributed by atoms with van der Waals surface area (Å²) in [5, 5.41) is 0. The summed E-state index contributed by atoms with van der Waals surface area (Å²) in [4.78, 5) is 0.690. The Morgan fingerprint density at radius 3 is 2.85 bits per heavy atom. The molecule has 1 rings (SSSR count). The van der Waals surface area contributed by atoms with Crippen molar-refractivity contribution < 1.29 is 4.74 Å². The van der Waals surface area contributed by atoms with Crippen molar-refractivity contribution in [2.24, 2.45) is 0 Å². The Hall–Kier alpha value is 0.440. The lowest BCUT2D eigenvalue weighted by Gasteiger charge is -2.08. The Morgan fingerprint density at radius 1 is 1.38 bits per heavy atom. The van der Waals surface area contributed by atoms with E-state index in [0.717, 1.165) is 6.61 Å². The predicted molar refractivity (Wildman–Crippen MR) is 60.4 cm³/mol. The van der Waals surface area contributed by atoms with Gasteiger partial charge < -0.3 is 4.74 Å². The molecular formula is C11H21BrO. The zero-order valence-corrected chi connectivity index (χ0v) is 10.2. The Morgan fingerprint density at radius 2 is 2.23 bits per heavy atom. The van der Waals surface area contributed by atoms with Gasteiger partial charge in [-0.3, -0.25) is 0 Å². The van der Waals surface area contributed by atoms with Crippen LogP contribution in [0.1, 0.15) is 51.9 Å². The van der Waals surface area contributed by atoms with E-state index in [-0.39, 0.29) is 0 Å². The van der Waals surface area contributed by atoms with Crippen LogP contribution in [-0.2, 0) is 4.74 Å². The molecule has 0 aliphatic carbocycles. The third-order valence-corrected chi connectivity index (χ3v) is 3.11. The average Bonchev–Trinajstić information content (AvgIpc) is 2.55. The van der Waals surface area contributed by atoms with Crippen LogP contribution in [0.25, 0.3) is 0 Å². The Labute approximate surface area is 90.4 Å². The fourth-order valence-corrected chi connectivity index (χ4v) is 2.17. The first kappa shape index (κ1) is 11.5. The van der Waals surface area contributed by atoms with E-state index in [1.165, 1.54) is 44.9 Å². The highest BCUT2D eigenvalue weighted by Gasteiger charge is 2.14. The van der Waals surface area contributed by atoms with Gasteiger partial charge in [-0.25, -0.2) is 0 Å². The molecular weight excluding hydrogens is 228 g/mol. The van der Waals surface area contributed by atoms with Gasteiger partial charge in [-0.1, -0.05) is 42.1 Å². The minimum absolute atomic E-state index is 0.599. The first-order valence-electron chi connectivity index (χ1n) is 5.54. The third-order valence-electron chi connectivity index (χ3n) is 2.65. The molecule has 2 heteroatoms. The van der Waals surface area contributed by atoms with Crippen molar-refractivity contribution in [3.63, 3.8) is 0 Å². The summed E-state index contributed by atoms with van der Waals surface area (Å²) in [5.41, 5.74) is 0. The molecule has 78 valence electrons. The van der Waals surface area contributed by atoms with E-state index in [9.17, 15) is 0 Å². The topological polar surface area (TPSA) is 9.23 Å². The maximum atomic E-state index is 5.57. The monoisotopic (exact) mass is 248 g/mol. The number of ether oxygens (including phenoxy) is 1. The lowest BCUT2D eigenvalue weighted by molar-refractivity contribution is 0.102. The van der Waals surface area contributed by atoms with Crippen molar-refractivity contribution in [1.82, 2.24) is 0 Å². The summed E-state index contributed by atoms with van der Waals surface area (Å²) in [6.45, 7) is 3.23. The molecule has 1 heterocycles. The van der Waals surface area contributed by atoms with Crippen LogP contribution in [0.15, 0.2) is 0 Å². The maximum absolute atomic E-state index is 5.57. The number of rotatable bonds is 6. The van der Waals surface area contributed by atoms with Gasteiger partial charge in [-0.2, -0.15) is 0 Å². The molecule has 1 aliphatic heterocycles. The van der Waals surface area contributed by atoms with Crippen molar-refractivity contribution >= 4 is 15.9 Å². The molecule has 0 aromatic heterocycles. The molecule has 0 amide bonds. The van der Waals surface area contributed by atoms with Gasteiger partial charge in [-0.15, -0.1) is 0 Å². The molecule has 2 unspecified atom stereocenters. The number of unbranched alkanes of at least 4 members (excludes halogenated alkanes) is 2. The minimum atomic E-state index is 0.599. The molecule has 0 bridgehead atoms. The first-order chi connectivity index (χ1) is 6.29. The highest BCUT2D eigenvalue weighted by molar-refractivity contribution is 9.09. The first-order valence-corrected chi connectivity index (χ1v) is 6.46. The molecule has 2 atom stereocenters. The van der Waals surface area contributed by atoms with E-state index in [4.69, 9.17) is 4.74 Å². The van der Waals surface area contributed by atoms with Crippen molar-refractivity contribution in [2.75, 3.05) is 6.61 Å². The van der Waals surface area contributed by atoms with Crippen molar-refractivity contribution in [2.45, 2.75) is 62.8 Å². The zero-order chi connectivity index (χ0) is 9.52. The zero-order valence-electron chi connectivity index (χ0n) is 8.60. The fourth-order valence-electron chi connectivity index (χ4n) is 1.85. The molecule has 13 heavy (non-hydrogen) atoms. The normalized spacial score (nSPS) is 24.9. The van der Waals surface area contributed by atoms with E-state index < -0.39 is 0 Å². The Bertz CT molecular complexity index is 119. The predicted octanol–water partition coefficient (Wildman–Crippen LogP) is 3.90. The summed E-state index contributed by atoms with van der Waals surface area (Å²) in [5.74, 6) is 0. The van der Waals surface area contributed by atoms with Gasteiger partial charge in [0.25, 0.3) is 0 Å². The second-order valence-electron chi connectivity index (χ2n) is 4.05. The quantitative estimate of drug-likeness (QED) is 0.512. The van der Waals surface area contributed by atoms with Crippen LogP contribution < -0.4 is 0 Å². The maximum Gasteiger partial charge on any atom is 0.0576 e. The van der Waals surface area contributed by atoms with Gasteiger partial charge >= 0.3 is 0 Å². The molecule has 1 fully saturated rings. The Kier molecular flexibility index (Phi) is 6.05. The standard InChI is InChI=1S/C11H21BrO/c1-10(12)6-3-2-4-7-11-8-5-9-13-11/h10-11H,2-9H2,1H3. The minimum Gasteiger partial charge on any atom is -0.378 e. The highest BCUT2D eigenvalue weighted by atomic mass is 79.9. The van der Waals surface area contributed by atoms with E-state index in [2.05, 4.69) is 22.9 Å². The molecule has 0 radical (unpaired) electrons. The van der Waals surface area contributed by atoms with Gasteiger partial charge in [0.1, 0.15) is 0 Å². The second-order valence-corrected chi connectivity index (χ2v) is 5.62. The van der Waals surface area contributed by atoms with Crippen LogP contribution in [0.5, 0.6) is 0 Å². The second kappa shape index (κ2) is 6.83. The molecule has 0 saturated carbocycles. The number of hydrogen-bond acceptors (Lipinski definition) is 1. The summed E-state index contributed by atoms with van der Waals surface area (Å²) >= 11 is 3.57. The summed E-state index contributed by atoms with van der Waals surface area (Å²) in [7, 11) is 0. The van der Waals surface area contributed by atoms with Crippen LogP contribution in [0.3, 0.4) is 0 Å². The molecule has 0 spiro atoms. The highest BCUT2D eigenvalue weighted by Crippen LogP contribution is 2.19. The van der Waals surface area contributed by atoms with Gasteiger partial charge in [0, 0.05) is 11.4 Å². The van der Waals surface area contributed by atoms with E-state index in [0.29, 0.717) is 10.9 Å². The summed E-state index contributed by atoms with van der Waals surface area (Å²) < 4.78 is 5.57. The van der Waals surface area contributed by atoms with Gasteiger partial charge in [-0.05, 0) is 25.7 Å². The van der Waals surface area contributed by atoms with Crippen molar-refractivity contribution in [1.29, 1.82) is 0 Å². The molecule has 0 N–H and O–H groups in total. The van der Waals surface area contributed by atoms with Crippen LogP contribution in [0.2, 0.25) is 0 Å². The lowest BCUT2D eigenvalue weighted by atomic mass is 10.1. The van der Waals surface area contributed by atoms with E-state index >= 15 is 0 Å². The van der Waals surface area contributed by atoms with Crippen molar-refractivity contribution in [3.05, 3.63) is 0 Å². The number of hydrogen-bond donors (Lipinski definition) is 0. The Balaban J connectivity index is 1.83. The SMILES string of the molecule is CC(Br)CCCCCC1CCCO1. The van der Waals surface area contributed by atoms with Crippen LogP contribution >= 0.6 is 15.9 Å². The molecule has 0 aromatic rings. The van der Waals surface area contributed by atoms with Crippen LogP contribution in [0.4, 0.5) is 0 Å². The molecule has 1 saturated heterocycles. The van der Waals surface area contributed by atoms with Gasteiger partial charge in [0.2, 0.25) is 0 Å². The molecule has 1 nitrogen and oxygen atoms in total. The van der Waals surface area contributed by atoms with Crippen molar-refractivity contribution in [3.8, 4) is 0 Å². The van der Waals surface area contributed by atoms with Crippen LogP contribution in [-0.4, -0.2) is 17.5 Å². The number of halogens is 1. The lowest BCUT2D eigenvalue weighted by Crippen LogP contribution is -2.04. The fraction of sp³-hybridized carbons (Fsp3) is 1.00. The smallest absolute Gasteiger partial charge is 0.0576 e. The summed E-state index contributed by atoms with van der Waals surface area (Å²) in [6.07, 6.45) is 9.86. The van der Waals surface area contributed by atoms with Crippen LogP contribution in [0, 0.1) is 0 Å². The van der Waals surface area contributed by atoms with E-state index in [1.807, 2.05) is 0 Å². The average molecular weight is 249 g/mol. The molecule has 1 aliphatic rings. The largest absolute Gasteiger partial charge is 0.378 e.